The van der Waals surface area contributed by atoms with Gasteiger partial charge >= 0.3 is 129 Å². The zero-order valence-electron chi connectivity index (χ0n) is 11.9. The van der Waals surface area contributed by atoms with Crippen LogP contribution in [0.5, 0.6) is 0 Å². The molecule has 0 aromatic heterocycles. The molecule has 112 valence electrons. The molecule has 6 nitrogen and oxygen atoms in total. The summed E-state index contributed by atoms with van der Waals surface area (Å²) in [5.41, 5.74) is 1.99. The number of nitrogens with one attached hydrogen (secondary N) is 2. The van der Waals surface area contributed by atoms with E-state index in [4.69, 9.17) is 4.74 Å². The van der Waals surface area contributed by atoms with E-state index < -0.39 is 5.41 Å². The number of hydrogen-bond acceptors (Lipinski definition) is 5. The summed E-state index contributed by atoms with van der Waals surface area (Å²) in [5, 5.41) is 6.34. The topological polar surface area (TPSA) is 75.1 Å². The zero-order valence-corrected chi connectivity index (χ0v) is 13.6. The molecule has 1 aromatic carbocycles. The molecule has 0 saturated carbocycles. The number of carbonyl (C=O) groups is 1. The molecule has 0 unspecified atom stereocenters. The number of rotatable bonds is 4. The predicted octanol–water partition coefficient (Wildman–Crippen LogP) is 1.99. The average Bonchev–Trinajstić information content (AvgIpc) is 2.98. The van der Waals surface area contributed by atoms with Crippen molar-refractivity contribution in [2.75, 3.05) is 32.1 Å². The van der Waals surface area contributed by atoms with Crippen molar-refractivity contribution in [3.63, 3.8) is 0 Å². The summed E-state index contributed by atoms with van der Waals surface area (Å²) in [4.78, 5) is 12.8. The van der Waals surface area contributed by atoms with Crippen molar-refractivity contribution in [2.24, 2.45) is 13.3 Å². The molecule has 2 N–H and O–H groups in total. The number of carbonyl (C=O) groups excluding carboxylic acids is 1. The van der Waals surface area contributed by atoms with Crippen LogP contribution >= 0.6 is 0 Å². The number of methoxy groups -OCH3 is 1. The summed E-state index contributed by atoms with van der Waals surface area (Å²) in [6, 6.07) is 5.72. The van der Waals surface area contributed by atoms with E-state index in [9.17, 15) is 4.79 Å². The molecule has 0 radical (unpaired) electrons. The molecule has 0 spiro atoms. The van der Waals surface area contributed by atoms with Crippen LogP contribution in [-0.4, -0.2) is 47.3 Å². The molecule has 1 saturated heterocycles. The number of hydrogen-bond donors (Lipinski definition) is 2. The zero-order chi connectivity index (χ0) is 14.7. The molecule has 2 aliphatic rings. The van der Waals surface area contributed by atoms with E-state index in [1.807, 2.05) is 18.2 Å². The van der Waals surface area contributed by atoms with E-state index >= 15 is 0 Å². The van der Waals surface area contributed by atoms with Crippen molar-refractivity contribution in [2.45, 2.75) is 12.8 Å². The number of benzene rings is 1. The van der Waals surface area contributed by atoms with E-state index in [-0.39, 0.29) is 20.5 Å². The fraction of sp³-hybridized carbons (Fsp3) is 0.500. The molecule has 21 heavy (non-hydrogen) atoms. The Morgan fingerprint density at radius 3 is 3.00 bits per heavy atom. The minimum atomic E-state index is -0.455. The van der Waals surface area contributed by atoms with Crippen molar-refractivity contribution in [1.29, 1.82) is 0 Å². The van der Waals surface area contributed by atoms with E-state index in [2.05, 4.69) is 18.6 Å². The molecule has 0 bridgehead atoms. The average molecular weight is 353 g/mol. The van der Waals surface area contributed by atoms with Crippen LogP contribution in [0.3, 0.4) is 0 Å². The van der Waals surface area contributed by atoms with Crippen LogP contribution in [-0.2, 0) is 9.53 Å². The van der Waals surface area contributed by atoms with Gasteiger partial charge in [0.25, 0.3) is 0 Å². The van der Waals surface area contributed by atoms with Gasteiger partial charge in [0.2, 0.25) is 0 Å². The molecule has 0 aliphatic carbocycles. The van der Waals surface area contributed by atoms with Crippen LogP contribution in [0, 0.1) is 5.41 Å². The second-order valence-electron chi connectivity index (χ2n) is 5.35. The molecule has 0 atom stereocenters. The first kappa shape index (κ1) is 14.7. The first-order chi connectivity index (χ1) is 10.2. The number of nitrogens with zero attached hydrogens (tertiary/aromatic N) is 2. The number of fused-ring (bicyclic) bond motifs is 1. The van der Waals surface area contributed by atoms with Gasteiger partial charge in [-0.1, -0.05) is 0 Å². The van der Waals surface area contributed by atoms with Gasteiger partial charge in [0.15, 0.2) is 0 Å². The van der Waals surface area contributed by atoms with Crippen molar-refractivity contribution in [1.82, 2.24) is 5.32 Å². The maximum atomic E-state index is 12.8. The first-order valence-corrected chi connectivity index (χ1v) is 8.51. The van der Waals surface area contributed by atoms with Crippen LogP contribution < -0.4 is 10.6 Å². The number of piperidine rings is 1. The SMILES string of the molecule is COCC1(C(=O)Nc2cccc3c2N=[Se]=N3)CCNCC1. The Morgan fingerprint density at radius 1 is 1.43 bits per heavy atom. The van der Waals surface area contributed by atoms with Crippen molar-refractivity contribution < 1.29 is 9.53 Å². The van der Waals surface area contributed by atoms with Gasteiger partial charge in [-0.3, -0.25) is 0 Å². The minimum absolute atomic E-state index is 0.0221. The molecule has 1 amide bonds. The molecule has 2 heterocycles. The molecule has 3 rings (SSSR count). The van der Waals surface area contributed by atoms with E-state index in [0.717, 1.165) is 43.0 Å². The number of anilines is 1. The first-order valence-electron chi connectivity index (χ1n) is 6.98. The third kappa shape index (κ3) is 2.87. The van der Waals surface area contributed by atoms with Crippen LogP contribution in [0.2, 0.25) is 0 Å². The van der Waals surface area contributed by atoms with E-state index in [0.29, 0.717) is 6.61 Å². The van der Waals surface area contributed by atoms with Gasteiger partial charge in [-0.05, 0) is 0 Å². The molecular formula is C14H18N4O2Se. The standard InChI is InChI=1S/C14H18N4O2Se/c1-20-9-14(5-7-15-8-6-14)13(19)16-10-3-2-4-11-12(10)18-21-17-11/h2-4,15H,5-9H2,1H3,(H,16,19). The van der Waals surface area contributed by atoms with Gasteiger partial charge < -0.3 is 0 Å². The molecule has 1 aromatic rings. The summed E-state index contributed by atoms with van der Waals surface area (Å²) in [6.45, 7) is 2.12. The Hall–Kier alpha value is -1.27. The summed E-state index contributed by atoms with van der Waals surface area (Å²) in [7, 11) is 1.65. The Kier molecular flexibility index (Phi) is 4.35. The van der Waals surface area contributed by atoms with E-state index in [1.54, 1.807) is 7.11 Å². The number of ether oxygens (including phenoxy) is 1. The second kappa shape index (κ2) is 6.23. The molecule has 7 heteroatoms. The van der Waals surface area contributed by atoms with Crippen molar-refractivity contribution in [3.8, 4) is 0 Å². The molecule has 2 aliphatic heterocycles. The molecule has 1 fully saturated rings. The van der Waals surface area contributed by atoms with Crippen LogP contribution in [0.4, 0.5) is 17.1 Å². The van der Waals surface area contributed by atoms with Gasteiger partial charge in [0.1, 0.15) is 0 Å². The Balaban J connectivity index is 1.82. The second-order valence-corrected chi connectivity index (χ2v) is 6.46. The summed E-state index contributed by atoms with van der Waals surface area (Å²) in [5.74, 6) is 0.0221. The van der Waals surface area contributed by atoms with Crippen molar-refractivity contribution >= 4 is 37.5 Å². The fourth-order valence-corrected chi connectivity index (χ4v) is 3.93. The quantitative estimate of drug-likeness (QED) is 0.826. The van der Waals surface area contributed by atoms with E-state index in [1.165, 1.54) is 0 Å². The monoisotopic (exact) mass is 354 g/mol. The Morgan fingerprint density at radius 2 is 2.24 bits per heavy atom. The molecular weight excluding hydrogens is 335 g/mol. The summed E-state index contributed by atoms with van der Waals surface area (Å²) in [6.07, 6.45) is 1.57. The fourth-order valence-electron chi connectivity index (χ4n) is 2.78. The van der Waals surface area contributed by atoms with Crippen LogP contribution in [0.15, 0.2) is 26.1 Å². The Bertz CT molecular complexity index is 614. The van der Waals surface area contributed by atoms with Gasteiger partial charge in [-0.2, -0.15) is 0 Å². The maximum absolute atomic E-state index is 12.8. The third-order valence-corrected chi connectivity index (χ3v) is 5.14. The third-order valence-electron chi connectivity index (χ3n) is 4.00. The van der Waals surface area contributed by atoms with Crippen LogP contribution in [0.1, 0.15) is 12.8 Å². The number of amides is 1. The van der Waals surface area contributed by atoms with Gasteiger partial charge in [-0.15, -0.1) is 0 Å². The van der Waals surface area contributed by atoms with Gasteiger partial charge in [-0.25, -0.2) is 0 Å². The van der Waals surface area contributed by atoms with Gasteiger partial charge in [0.05, 0.1) is 0 Å². The summed E-state index contributed by atoms with van der Waals surface area (Å²) >= 11 is -0.0951. The van der Waals surface area contributed by atoms with Crippen molar-refractivity contribution in [3.05, 3.63) is 18.2 Å². The van der Waals surface area contributed by atoms with Gasteiger partial charge in [0, 0.05) is 0 Å². The normalized spacial score (nSPS) is 18.9. The van der Waals surface area contributed by atoms with Crippen LogP contribution in [0.25, 0.3) is 0 Å². The Labute approximate surface area is 129 Å². The summed E-state index contributed by atoms with van der Waals surface area (Å²) < 4.78 is 14.1. The predicted molar refractivity (Wildman–Crippen MR) is 81.4 cm³/mol.